The average molecular weight is 1100 g/mol. The normalized spacial score (nSPS) is 12.1. The second-order valence-corrected chi connectivity index (χ2v) is 19.6. The van der Waals surface area contributed by atoms with Crippen LogP contribution in [0.4, 0.5) is 0 Å². The van der Waals surface area contributed by atoms with Crippen molar-refractivity contribution in [1.29, 1.82) is 0 Å². The largest absolute Gasteiger partial charge is 0.497 e. The first kappa shape index (κ1) is 56.9. The van der Waals surface area contributed by atoms with Gasteiger partial charge in [0.25, 0.3) is 0 Å². The van der Waals surface area contributed by atoms with Gasteiger partial charge in [0, 0.05) is 30.4 Å². The number of methoxy groups -OCH3 is 3. The standard InChI is InChI=1S/C25H24N2O3.C23H22N2O3.C19H20N2O3/c1-18(20-8-9-22-17-23(29-2)11-10-21(22)16-20)25(28)30-15-14-27-13-12-26-24(27)19-6-4-3-5-7-19;1-16(17-7-8-19-14-20(27-2)10-9-18(19)13-17)23(26)28-12-11-25-15-24-21-5-3-4-6-22(21)25;1-14(19(22)24-10-9-21-8-7-20-13-21)15-3-4-17-12-18(23-2)6-5-16(17)11-15/h3-13,16-18H,14-15H2,1-2H3;3-10,13-16H,11-12H2,1-2H3;3-8,11-14H,9-10H2,1-2H3. The number of fused-ring (bicyclic) bond motifs is 4. The molecule has 15 nitrogen and oxygen atoms in total. The number of rotatable bonds is 19. The van der Waals surface area contributed by atoms with Crippen molar-refractivity contribution in [2.45, 2.75) is 58.2 Å². The average Bonchev–Trinajstić information content (AvgIpc) is 4.40. The van der Waals surface area contributed by atoms with Crippen molar-refractivity contribution < 1.29 is 42.8 Å². The molecule has 3 atom stereocenters. The van der Waals surface area contributed by atoms with Crippen molar-refractivity contribution in [3.63, 3.8) is 0 Å². The number of carbonyl (C=O) groups is 3. The minimum Gasteiger partial charge on any atom is -0.497 e. The van der Waals surface area contributed by atoms with Crippen LogP contribution in [0.3, 0.4) is 0 Å². The highest BCUT2D eigenvalue weighted by molar-refractivity contribution is 5.89. The van der Waals surface area contributed by atoms with Crippen LogP contribution in [0.5, 0.6) is 17.2 Å². The van der Waals surface area contributed by atoms with E-state index in [1.54, 1.807) is 46.4 Å². The lowest BCUT2D eigenvalue weighted by molar-refractivity contribution is -0.146. The first-order valence-electron chi connectivity index (χ1n) is 27.1. The van der Waals surface area contributed by atoms with E-state index in [4.69, 9.17) is 28.4 Å². The Morgan fingerprint density at radius 3 is 1.35 bits per heavy atom. The summed E-state index contributed by atoms with van der Waals surface area (Å²) in [6.07, 6.45) is 10.7. The van der Waals surface area contributed by atoms with Crippen molar-refractivity contribution in [2.24, 2.45) is 0 Å². The molecule has 0 bridgehead atoms. The van der Waals surface area contributed by atoms with E-state index in [9.17, 15) is 14.4 Å². The van der Waals surface area contributed by atoms with Crippen LogP contribution in [0.25, 0.3) is 54.7 Å². The van der Waals surface area contributed by atoms with Gasteiger partial charge in [0.15, 0.2) is 0 Å². The molecule has 0 amide bonds. The summed E-state index contributed by atoms with van der Waals surface area (Å²) in [5, 5.41) is 6.45. The lowest BCUT2D eigenvalue weighted by Gasteiger charge is -2.14. The number of hydrogen-bond acceptors (Lipinski definition) is 12. The molecule has 0 aliphatic heterocycles. The van der Waals surface area contributed by atoms with Crippen LogP contribution in [0.15, 0.2) is 201 Å². The van der Waals surface area contributed by atoms with E-state index in [0.717, 1.165) is 88.7 Å². The molecule has 3 unspecified atom stereocenters. The Hall–Kier alpha value is -9.76. The van der Waals surface area contributed by atoms with E-state index in [1.807, 2.05) is 211 Å². The lowest BCUT2D eigenvalue weighted by atomic mass is 9.98. The molecule has 0 spiro atoms. The monoisotopic (exact) mass is 1100 g/mol. The van der Waals surface area contributed by atoms with Crippen LogP contribution in [0.2, 0.25) is 0 Å². The minimum absolute atomic E-state index is 0.219. The number of nitrogens with zero attached hydrogens (tertiary/aromatic N) is 6. The molecule has 15 heteroatoms. The quantitative estimate of drug-likeness (QED) is 0.0558. The highest BCUT2D eigenvalue weighted by Gasteiger charge is 2.20. The molecular weight excluding hydrogens is 1030 g/mol. The number of aromatic nitrogens is 6. The summed E-state index contributed by atoms with van der Waals surface area (Å²) in [5.41, 5.74) is 5.84. The van der Waals surface area contributed by atoms with E-state index in [1.165, 1.54) is 0 Å². The van der Waals surface area contributed by atoms with Crippen LogP contribution in [-0.4, -0.2) is 87.7 Å². The molecule has 0 aliphatic rings. The van der Waals surface area contributed by atoms with Crippen molar-refractivity contribution in [1.82, 2.24) is 28.7 Å². The van der Waals surface area contributed by atoms with Gasteiger partial charge < -0.3 is 42.1 Å². The molecular formula is C67H66N6O9. The Kier molecular flexibility index (Phi) is 19.0. The number of ether oxygens (including phenoxy) is 6. The smallest absolute Gasteiger partial charge is 0.313 e. The molecule has 3 heterocycles. The molecule has 0 saturated heterocycles. The van der Waals surface area contributed by atoms with Crippen molar-refractivity contribution >= 4 is 61.3 Å². The summed E-state index contributed by atoms with van der Waals surface area (Å²) >= 11 is 0. The molecule has 8 aromatic carbocycles. The van der Waals surface area contributed by atoms with E-state index >= 15 is 0 Å². The van der Waals surface area contributed by atoms with Gasteiger partial charge in [0.2, 0.25) is 0 Å². The first-order chi connectivity index (χ1) is 40.0. The number of imidazole rings is 3. The Bertz CT molecular complexity index is 3910. The SMILES string of the molecule is COc1ccc2cc(C(C)C(=O)OCCn3ccnc3)ccc2c1.COc1ccc2cc(C(C)C(=O)OCCn3ccnc3-c3ccccc3)ccc2c1.COc1ccc2cc(C(C)C(=O)OCCn3cnc4ccccc43)ccc2c1. The predicted molar refractivity (Wildman–Crippen MR) is 319 cm³/mol. The summed E-state index contributed by atoms with van der Waals surface area (Å²) in [6, 6.07) is 53.6. The number of hydrogen-bond donors (Lipinski definition) is 0. The maximum Gasteiger partial charge on any atom is 0.313 e. The molecule has 11 aromatic rings. The molecule has 0 fully saturated rings. The van der Waals surface area contributed by atoms with Gasteiger partial charge in [-0.3, -0.25) is 14.4 Å². The zero-order valence-corrected chi connectivity index (χ0v) is 46.9. The van der Waals surface area contributed by atoms with E-state index in [0.29, 0.717) is 39.5 Å². The van der Waals surface area contributed by atoms with Gasteiger partial charge in [0.1, 0.15) is 42.9 Å². The number of carbonyl (C=O) groups excluding carboxylic acids is 3. The second kappa shape index (κ2) is 27.4. The predicted octanol–water partition coefficient (Wildman–Crippen LogP) is 13.0. The van der Waals surface area contributed by atoms with Gasteiger partial charge >= 0.3 is 17.9 Å². The Balaban J connectivity index is 0.000000149. The number of esters is 3. The third-order valence-corrected chi connectivity index (χ3v) is 14.4. The zero-order valence-electron chi connectivity index (χ0n) is 46.9. The highest BCUT2D eigenvalue weighted by Crippen LogP contribution is 2.29. The van der Waals surface area contributed by atoms with E-state index in [2.05, 4.69) is 15.0 Å². The lowest BCUT2D eigenvalue weighted by Crippen LogP contribution is -2.16. The van der Waals surface area contributed by atoms with Gasteiger partial charge in [-0.05, 0) is 118 Å². The summed E-state index contributed by atoms with van der Waals surface area (Å²) in [6.45, 7) is 8.30. The van der Waals surface area contributed by atoms with Crippen LogP contribution in [0.1, 0.15) is 55.2 Å². The van der Waals surface area contributed by atoms with Crippen LogP contribution < -0.4 is 14.2 Å². The third-order valence-electron chi connectivity index (χ3n) is 14.4. The maximum absolute atomic E-state index is 12.6. The van der Waals surface area contributed by atoms with Crippen molar-refractivity contribution in [3.8, 4) is 28.6 Å². The van der Waals surface area contributed by atoms with Crippen LogP contribution in [-0.2, 0) is 48.2 Å². The topological polar surface area (TPSA) is 160 Å². The molecule has 0 radical (unpaired) electrons. The van der Waals surface area contributed by atoms with Crippen molar-refractivity contribution in [2.75, 3.05) is 41.2 Å². The maximum atomic E-state index is 12.6. The molecule has 0 aliphatic carbocycles. The molecule has 418 valence electrons. The molecule has 3 aromatic heterocycles. The molecule has 11 rings (SSSR count). The molecule has 0 saturated carbocycles. The fourth-order valence-electron chi connectivity index (χ4n) is 9.38. The van der Waals surface area contributed by atoms with E-state index < -0.39 is 0 Å². The van der Waals surface area contributed by atoms with Gasteiger partial charge in [-0.15, -0.1) is 0 Å². The fraction of sp³-hybridized carbons (Fsp3) is 0.224. The van der Waals surface area contributed by atoms with Gasteiger partial charge in [-0.2, -0.15) is 0 Å². The van der Waals surface area contributed by atoms with Gasteiger partial charge in [-0.1, -0.05) is 115 Å². The molecule has 82 heavy (non-hydrogen) atoms. The van der Waals surface area contributed by atoms with Crippen LogP contribution >= 0.6 is 0 Å². The van der Waals surface area contributed by atoms with E-state index in [-0.39, 0.29) is 35.7 Å². The van der Waals surface area contributed by atoms with Gasteiger partial charge in [-0.25, -0.2) is 15.0 Å². The fourth-order valence-corrected chi connectivity index (χ4v) is 9.38. The first-order valence-corrected chi connectivity index (χ1v) is 27.1. The summed E-state index contributed by atoms with van der Waals surface area (Å²) in [7, 11) is 4.96. The van der Waals surface area contributed by atoms with Gasteiger partial charge in [0.05, 0.1) is 82.4 Å². The molecule has 0 N–H and O–H groups in total. The summed E-state index contributed by atoms with van der Waals surface area (Å²) in [4.78, 5) is 50.1. The number of benzene rings is 8. The minimum atomic E-state index is -0.340. The number of para-hydroxylation sites is 2. The summed E-state index contributed by atoms with van der Waals surface area (Å²) in [5.74, 6) is 1.67. The Morgan fingerprint density at radius 2 is 0.878 bits per heavy atom. The highest BCUT2D eigenvalue weighted by atomic mass is 16.5. The third kappa shape index (κ3) is 14.3. The Morgan fingerprint density at radius 1 is 0.439 bits per heavy atom. The summed E-state index contributed by atoms with van der Waals surface area (Å²) < 4.78 is 38.1. The second-order valence-electron chi connectivity index (χ2n) is 19.6. The Labute approximate surface area is 476 Å². The van der Waals surface area contributed by atoms with Crippen LogP contribution in [0, 0.1) is 0 Å². The zero-order chi connectivity index (χ0) is 57.4. The van der Waals surface area contributed by atoms with Crippen molar-refractivity contribution in [3.05, 3.63) is 218 Å².